The molecule has 126 valence electrons. The minimum Gasteiger partial charge on any atom is -0.383 e. The second kappa shape index (κ2) is 11.4. The molecule has 1 fully saturated rings. The molecule has 0 amide bonds. The second-order valence-electron chi connectivity index (χ2n) is 6.30. The molecular weight excluding hydrogens is 264 g/mol. The summed E-state index contributed by atoms with van der Waals surface area (Å²) < 4.78 is 10.7. The van der Waals surface area contributed by atoms with Crippen LogP contribution in [-0.4, -0.2) is 63.5 Å². The predicted octanol–water partition coefficient (Wildman–Crippen LogP) is 2.67. The Morgan fingerprint density at radius 1 is 1.14 bits per heavy atom. The molecule has 0 spiro atoms. The van der Waals surface area contributed by atoms with Gasteiger partial charge in [0.1, 0.15) is 0 Å². The molecule has 1 rings (SSSR count). The first-order valence-electron chi connectivity index (χ1n) is 8.71. The molecule has 4 heteroatoms. The Kier molecular flexibility index (Phi) is 10.3. The molecular formula is C17H36N2O2. The molecule has 0 aromatic rings. The molecule has 0 radical (unpaired) electrons. The molecule has 3 unspecified atom stereocenters. The normalized spacial score (nSPS) is 25.0. The number of hydrogen-bond donors (Lipinski definition) is 1. The first kappa shape index (κ1) is 18.9. The lowest BCUT2D eigenvalue weighted by Crippen LogP contribution is -2.54. The summed E-state index contributed by atoms with van der Waals surface area (Å²) in [6.07, 6.45) is 7.87. The summed E-state index contributed by atoms with van der Waals surface area (Å²) in [5.41, 5.74) is 0. The van der Waals surface area contributed by atoms with Gasteiger partial charge in [0, 0.05) is 38.9 Å². The first-order chi connectivity index (χ1) is 10.2. The van der Waals surface area contributed by atoms with Gasteiger partial charge in [0.15, 0.2) is 0 Å². The summed E-state index contributed by atoms with van der Waals surface area (Å²) in [6.45, 7) is 8.23. The van der Waals surface area contributed by atoms with Gasteiger partial charge in [0.25, 0.3) is 0 Å². The molecule has 1 aliphatic carbocycles. The molecule has 3 atom stereocenters. The molecule has 0 aliphatic heterocycles. The van der Waals surface area contributed by atoms with Gasteiger partial charge in [-0.15, -0.1) is 0 Å². The van der Waals surface area contributed by atoms with Crippen LogP contribution in [0, 0.1) is 0 Å². The number of nitrogens with zero attached hydrogens (tertiary/aromatic N) is 1. The Labute approximate surface area is 131 Å². The number of rotatable bonds is 10. The van der Waals surface area contributed by atoms with Gasteiger partial charge in [0.2, 0.25) is 0 Å². The van der Waals surface area contributed by atoms with E-state index in [4.69, 9.17) is 9.47 Å². The SMILES string of the molecule is CCCNC1CCCCCC1N(CCOC)C(C)COC. The van der Waals surface area contributed by atoms with E-state index < -0.39 is 0 Å². The third kappa shape index (κ3) is 6.64. The van der Waals surface area contributed by atoms with Crippen LogP contribution in [0.1, 0.15) is 52.4 Å². The lowest BCUT2D eigenvalue weighted by Gasteiger charge is -2.40. The number of ether oxygens (including phenoxy) is 2. The van der Waals surface area contributed by atoms with E-state index >= 15 is 0 Å². The van der Waals surface area contributed by atoms with Gasteiger partial charge in [-0.1, -0.05) is 26.2 Å². The highest BCUT2D eigenvalue weighted by atomic mass is 16.5. The molecule has 0 bridgehead atoms. The summed E-state index contributed by atoms with van der Waals surface area (Å²) in [5.74, 6) is 0. The largest absolute Gasteiger partial charge is 0.383 e. The van der Waals surface area contributed by atoms with Gasteiger partial charge >= 0.3 is 0 Å². The number of methoxy groups -OCH3 is 2. The first-order valence-corrected chi connectivity index (χ1v) is 8.71. The Bertz CT molecular complexity index is 251. The number of hydrogen-bond acceptors (Lipinski definition) is 4. The summed E-state index contributed by atoms with van der Waals surface area (Å²) in [6, 6.07) is 1.67. The maximum absolute atomic E-state index is 5.40. The second-order valence-corrected chi connectivity index (χ2v) is 6.30. The van der Waals surface area contributed by atoms with E-state index in [0.29, 0.717) is 18.1 Å². The third-order valence-corrected chi connectivity index (χ3v) is 4.59. The molecule has 4 nitrogen and oxygen atoms in total. The minimum absolute atomic E-state index is 0.444. The van der Waals surface area contributed by atoms with Gasteiger partial charge in [-0.25, -0.2) is 0 Å². The van der Waals surface area contributed by atoms with Crippen LogP contribution in [0.4, 0.5) is 0 Å². The highest BCUT2D eigenvalue weighted by Gasteiger charge is 2.31. The molecule has 0 aromatic heterocycles. The van der Waals surface area contributed by atoms with Gasteiger partial charge < -0.3 is 14.8 Å². The fraction of sp³-hybridized carbons (Fsp3) is 1.00. The zero-order chi connectivity index (χ0) is 15.5. The van der Waals surface area contributed by atoms with Crippen LogP contribution in [0.25, 0.3) is 0 Å². The maximum Gasteiger partial charge on any atom is 0.0615 e. The van der Waals surface area contributed by atoms with Crippen molar-refractivity contribution in [2.24, 2.45) is 0 Å². The molecule has 21 heavy (non-hydrogen) atoms. The van der Waals surface area contributed by atoms with Gasteiger partial charge in [0.05, 0.1) is 13.2 Å². The Hall–Kier alpha value is -0.160. The quantitative estimate of drug-likeness (QED) is 0.629. The van der Waals surface area contributed by atoms with Crippen molar-refractivity contribution in [3.8, 4) is 0 Å². The third-order valence-electron chi connectivity index (χ3n) is 4.59. The van der Waals surface area contributed by atoms with Crippen LogP contribution in [0.2, 0.25) is 0 Å². The van der Waals surface area contributed by atoms with Crippen LogP contribution < -0.4 is 5.32 Å². The molecule has 1 N–H and O–H groups in total. The zero-order valence-corrected chi connectivity index (χ0v) is 14.6. The monoisotopic (exact) mass is 300 g/mol. The summed E-state index contributed by atoms with van der Waals surface area (Å²) in [7, 11) is 3.59. The van der Waals surface area contributed by atoms with Crippen LogP contribution in [0.3, 0.4) is 0 Å². The van der Waals surface area contributed by atoms with Crippen molar-refractivity contribution < 1.29 is 9.47 Å². The van der Waals surface area contributed by atoms with E-state index in [9.17, 15) is 0 Å². The maximum atomic E-state index is 5.40. The van der Waals surface area contributed by atoms with Gasteiger partial charge in [-0.05, 0) is 32.7 Å². The lowest BCUT2D eigenvalue weighted by atomic mass is 9.99. The van der Waals surface area contributed by atoms with Crippen molar-refractivity contribution in [1.82, 2.24) is 10.2 Å². The fourth-order valence-corrected chi connectivity index (χ4v) is 3.50. The van der Waals surface area contributed by atoms with Crippen molar-refractivity contribution in [2.45, 2.75) is 70.5 Å². The van der Waals surface area contributed by atoms with Gasteiger partial charge in [-0.2, -0.15) is 0 Å². The van der Waals surface area contributed by atoms with Gasteiger partial charge in [-0.3, -0.25) is 4.90 Å². The van der Waals surface area contributed by atoms with Crippen LogP contribution in [0.15, 0.2) is 0 Å². The van der Waals surface area contributed by atoms with Crippen molar-refractivity contribution in [3.63, 3.8) is 0 Å². The van der Waals surface area contributed by atoms with E-state index in [0.717, 1.165) is 26.3 Å². The Balaban J connectivity index is 2.75. The Morgan fingerprint density at radius 3 is 2.57 bits per heavy atom. The highest BCUT2D eigenvalue weighted by molar-refractivity contribution is 4.89. The summed E-state index contributed by atoms with van der Waals surface area (Å²) >= 11 is 0. The average molecular weight is 300 g/mol. The van der Waals surface area contributed by atoms with E-state index in [1.807, 2.05) is 0 Å². The fourth-order valence-electron chi connectivity index (χ4n) is 3.50. The smallest absolute Gasteiger partial charge is 0.0615 e. The average Bonchev–Trinajstić information content (AvgIpc) is 2.71. The highest BCUT2D eigenvalue weighted by Crippen LogP contribution is 2.24. The van der Waals surface area contributed by atoms with Crippen molar-refractivity contribution in [2.75, 3.05) is 40.5 Å². The van der Waals surface area contributed by atoms with E-state index in [-0.39, 0.29) is 0 Å². The molecule has 0 aromatic carbocycles. The van der Waals surface area contributed by atoms with Crippen LogP contribution in [0.5, 0.6) is 0 Å². The molecule has 1 saturated carbocycles. The van der Waals surface area contributed by atoms with Crippen molar-refractivity contribution in [1.29, 1.82) is 0 Å². The Morgan fingerprint density at radius 2 is 1.90 bits per heavy atom. The number of nitrogens with one attached hydrogen (secondary N) is 1. The molecule has 0 heterocycles. The minimum atomic E-state index is 0.444. The standard InChI is InChI=1S/C17H36N2O2/c1-5-11-18-16-9-7-6-8-10-17(16)19(12-13-20-3)15(2)14-21-4/h15-18H,5-14H2,1-4H3. The lowest BCUT2D eigenvalue weighted by molar-refractivity contribution is 0.0321. The van der Waals surface area contributed by atoms with Crippen molar-refractivity contribution in [3.05, 3.63) is 0 Å². The van der Waals surface area contributed by atoms with E-state index in [1.165, 1.54) is 38.5 Å². The summed E-state index contributed by atoms with van der Waals surface area (Å²) in [5, 5.41) is 3.79. The van der Waals surface area contributed by atoms with Crippen molar-refractivity contribution >= 4 is 0 Å². The van der Waals surface area contributed by atoms with E-state index in [2.05, 4.69) is 24.1 Å². The zero-order valence-electron chi connectivity index (χ0n) is 14.6. The van der Waals surface area contributed by atoms with E-state index in [1.54, 1.807) is 14.2 Å². The van der Waals surface area contributed by atoms with Crippen LogP contribution in [-0.2, 0) is 9.47 Å². The van der Waals surface area contributed by atoms with Crippen LogP contribution >= 0.6 is 0 Å². The summed E-state index contributed by atoms with van der Waals surface area (Å²) in [4.78, 5) is 2.62. The molecule has 0 saturated heterocycles. The molecule has 1 aliphatic rings. The topological polar surface area (TPSA) is 33.7 Å². The predicted molar refractivity (Wildman–Crippen MR) is 88.9 cm³/mol.